The van der Waals surface area contributed by atoms with Crippen LogP contribution in [0.1, 0.15) is 35.4 Å². The van der Waals surface area contributed by atoms with Crippen LogP contribution in [0.5, 0.6) is 0 Å². The zero-order valence-electron chi connectivity index (χ0n) is 17.6. The third-order valence-electron chi connectivity index (χ3n) is 6.32. The minimum absolute atomic E-state index is 0.360. The number of aromatic nitrogens is 2. The van der Waals surface area contributed by atoms with Crippen LogP contribution in [0.15, 0.2) is 60.7 Å². The molecule has 30 heavy (non-hydrogen) atoms. The molecule has 5 heteroatoms. The molecule has 5 nitrogen and oxygen atoms in total. The number of piperidine rings is 1. The average Bonchev–Trinajstić information content (AvgIpc) is 3.36. The molecule has 0 unspecified atom stereocenters. The molecule has 2 fully saturated rings. The van der Waals surface area contributed by atoms with Crippen molar-refractivity contribution in [1.29, 1.82) is 0 Å². The van der Waals surface area contributed by atoms with E-state index in [-0.39, 0.29) is 5.79 Å². The first-order valence-corrected chi connectivity index (χ1v) is 10.9. The lowest BCUT2D eigenvalue weighted by Crippen LogP contribution is -2.46. The third-order valence-corrected chi connectivity index (χ3v) is 6.32. The first kappa shape index (κ1) is 19.3. The minimum atomic E-state index is -0.360. The van der Waals surface area contributed by atoms with Crippen molar-refractivity contribution in [3.63, 3.8) is 0 Å². The van der Waals surface area contributed by atoms with E-state index in [0.717, 1.165) is 50.4 Å². The van der Waals surface area contributed by atoms with E-state index >= 15 is 0 Å². The SMILES string of the molecule is Cn1c(N2CCC3(CC2)OCCO3)nc(Cc2ccccc2)c1Cc1ccccc1. The van der Waals surface area contributed by atoms with Crippen LogP contribution in [0, 0.1) is 0 Å². The maximum Gasteiger partial charge on any atom is 0.205 e. The molecule has 2 aromatic carbocycles. The Morgan fingerprint density at radius 2 is 1.40 bits per heavy atom. The number of benzene rings is 2. The van der Waals surface area contributed by atoms with Crippen molar-refractivity contribution in [3.05, 3.63) is 83.2 Å². The van der Waals surface area contributed by atoms with Crippen LogP contribution in [-0.4, -0.2) is 41.6 Å². The quantitative estimate of drug-likeness (QED) is 0.647. The molecule has 3 aromatic rings. The van der Waals surface area contributed by atoms with Gasteiger partial charge in [-0.3, -0.25) is 0 Å². The van der Waals surface area contributed by atoms with Crippen molar-refractivity contribution in [1.82, 2.24) is 9.55 Å². The van der Waals surface area contributed by atoms with E-state index in [1.54, 1.807) is 0 Å². The normalized spacial score (nSPS) is 18.2. The molecule has 0 amide bonds. The van der Waals surface area contributed by atoms with E-state index < -0.39 is 0 Å². The van der Waals surface area contributed by atoms with Gasteiger partial charge < -0.3 is 18.9 Å². The molecule has 2 saturated heterocycles. The number of anilines is 1. The van der Waals surface area contributed by atoms with Crippen molar-refractivity contribution < 1.29 is 9.47 Å². The second kappa shape index (κ2) is 8.25. The summed E-state index contributed by atoms with van der Waals surface area (Å²) in [4.78, 5) is 7.54. The van der Waals surface area contributed by atoms with Crippen molar-refractivity contribution in [3.8, 4) is 0 Å². The molecule has 0 atom stereocenters. The fourth-order valence-electron chi connectivity index (χ4n) is 4.63. The van der Waals surface area contributed by atoms with E-state index in [1.807, 2.05) is 0 Å². The molecule has 0 radical (unpaired) electrons. The second-order valence-electron chi connectivity index (χ2n) is 8.28. The maximum absolute atomic E-state index is 5.91. The van der Waals surface area contributed by atoms with Crippen molar-refractivity contribution in [2.45, 2.75) is 31.5 Å². The van der Waals surface area contributed by atoms with E-state index in [1.165, 1.54) is 16.8 Å². The molecule has 1 aromatic heterocycles. The summed E-state index contributed by atoms with van der Waals surface area (Å²) in [5, 5.41) is 0. The summed E-state index contributed by atoms with van der Waals surface area (Å²) in [6.07, 6.45) is 3.52. The van der Waals surface area contributed by atoms with Gasteiger partial charge in [0.05, 0.1) is 18.9 Å². The molecule has 0 bridgehead atoms. The summed E-state index contributed by atoms with van der Waals surface area (Å²) in [7, 11) is 2.15. The lowest BCUT2D eigenvalue weighted by molar-refractivity contribution is -0.169. The van der Waals surface area contributed by atoms with E-state index in [0.29, 0.717) is 13.2 Å². The molecular formula is C25H29N3O2. The summed E-state index contributed by atoms with van der Waals surface area (Å²) in [6.45, 7) is 3.23. The number of hydrogen-bond donors (Lipinski definition) is 0. The van der Waals surface area contributed by atoms with Gasteiger partial charge in [-0.25, -0.2) is 4.98 Å². The van der Waals surface area contributed by atoms with Crippen molar-refractivity contribution >= 4 is 5.95 Å². The molecule has 1 spiro atoms. The Labute approximate surface area is 178 Å². The van der Waals surface area contributed by atoms with Gasteiger partial charge in [-0.15, -0.1) is 0 Å². The van der Waals surface area contributed by atoms with Gasteiger partial charge in [-0.1, -0.05) is 60.7 Å². The number of nitrogens with zero attached hydrogens (tertiary/aromatic N) is 3. The molecule has 0 saturated carbocycles. The van der Waals surface area contributed by atoms with Gasteiger partial charge in [0.15, 0.2) is 5.79 Å². The fourth-order valence-corrected chi connectivity index (χ4v) is 4.63. The Hall–Kier alpha value is -2.63. The highest BCUT2D eigenvalue weighted by atomic mass is 16.7. The number of hydrogen-bond acceptors (Lipinski definition) is 4. The molecule has 5 rings (SSSR count). The molecule has 0 N–H and O–H groups in total. The van der Waals surface area contributed by atoms with Crippen LogP contribution in [0.4, 0.5) is 5.95 Å². The standard InChI is InChI=1S/C25H29N3O2/c1-27-23(19-21-10-6-3-7-11-21)22(18-20-8-4-2-5-9-20)26-24(27)28-14-12-25(13-15-28)29-16-17-30-25/h2-11H,12-19H2,1H3. The van der Waals surface area contributed by atoms with Gasteiger partial charge in [0.1, 0.15) is 0 Å². The average molecular weight is 404 g/mol. The Morgan fingerprint density at radius 1 is 0.833 bits per heavy atom. The van der Waals surface area contributed by atoms with E-state index in [4.69, 9.17) is 14.5 Å². The van der Waals surface area contributed by atoms with Crippen LogP contribution in [0.25, 0.3) is 0 Å². The predicted molar refractivity (Wildman–Crippen MR) is 118 cm³/mol. The first-order chi connectivity index (χ1) is 14.7. The van der Waals surface area contributed by atoms with Crippen LogP contribution in [0.2, 0.25) is 0 Å². The third kappa shape index (κ3) is 3.87. The fraction of sp³-hybridized carbons (Fsp3) is 0.400. The Morgan fingerprint density at radius 3 is 2.00 bits per heavy atom. The van der Waals surface area contributed by atoms with Gasteiger partial charge in [0.25, 0.3) is 0 Å². The lowest BCUT2D eigenvalue weighted by atomic mass is 10.0. The molecule has 156 valence electrons. The maximum atomic E-state index is 5.91. The summed E-state index contributed by atoms with van der Waals surface area (Å²) < 4.78 is 14.1. The Balaban J connectivity index is 1.43. The first-order valence-electron chi connectivity index (χ1n) is 10.9. The monoisotopic (exact) mass is 403 g/mol. The summed E-state index contributed by atoms with van der Waals surface area (Å²) >= 11 is 0. The summed E-state index contributed by atoms with van der Waals surface area (Å²) in [5.74, 6) is 0.696. The molecule has 2 aliphatic heterocycles. The Bertz CT molecular complexity index is 968. The lowest BCUT2D eigenvalue weighted by Gasteiger charge is -2.38. The number of rotatable bonds is 5. The van der Waals surface area contributed by atoms with Gasteiger partial charge in [-0.05, 0) is 11.1 Å². The second-order valence-corrected chi connectivity index (χ2v) is 8.28. The molecule has 0 aliphatic carbocycles. The summed E-state index contributed by atoms with van der Waals surface area (Å²) in [6, 6.07) is 21.3. The predicted octanol–water partition coefficient (Wildman–Crippen LogP) is 3.95. The molecule has 2 aliphatic rings. The zero-order chi connectivity index (χ0) is 20.4. The highest BCUT2D eigenvalue weighted by Crippen LogP contribution is 2.34. The highest BCUT2D eigenvalue weighted by Gasteiger charge is 2.40. The van der Waals surface area contributed by atoms with Crippen molar-refractivity contribution in [2.75, 3.05) is 31.2 Å². The van der Waals surface area contributed by atoms with Gasteiger partial charge in [0.2, 0.25) is 5.95 Å². The molecule has 3 heterocycles. The van der Waals surface area contributed by atoms with E-state index in [2.05, 4.69) is 77.2 Å². The smallest absolute Gasteiger partial charge is 0.205 e. The van der Waals surface area contributed by atoms with Crippen LogP contribution in [-0.2, 0) is 29.4 Å². The van der Waals surface area contributed by atoms with E-state index in [9.17, 15) is 0 Å². The highest BCUT2D eigenvalue weighted by molar-refractivity contribution is 5.41. The summed E-state index contributed by atoms with van der Waals surface area (Å²) in [5.41, 5.74) is 5.05. The number of imidazole rings is 1. The minimum Gasteiger partial charge on any atom is -0.347 e. The number of ether oxygens (including phenoxy) is 2. The van der Waals surface area contributed by atoms with Crippen molar-refractivity contribution in [2.24, 2.45) is 7.05 Å². The van der Waals surface area contributed by atoms with Crippen LogP contribution < -0.4 is 4.90 Å². The van der Waals surface area contributed by atoms with Crippen LogP contribution in [0.3, 0.4) is 0 Å². The largest absolute Gasteiger partial charge is 0.347 e. The van der Waals surface area contributed by atoms with Gasteiger partial charge in [0, 0.05) is 51.5 Å². The zero-order valence-corrected chi connectivity index (χ0v) is 17.6. The van der Waals surface area contributed by atoms with Crippen LogP contribution >= 0.6 is 0 Å². The molecular weight excluding hydrogens is 374 g/mol. The van der Waals surface area contributed by atoms with Gasteiger partial charge >= 0.3 is 0 Å². The topological polar surface area (TPSA) is 39.5 Å². The Kier molecular flexibility index (Phi) is 5.32. The van der Waals surface area contributed by atoms with Gasteiger partial charge in [-0.2, -0.15) is 0 Å².